The summed E-state index contributed by atoms with van der Waals surface area (Å²) in [5.74, 6) is 0.598. The molecule has 10 heteroatoms. The summed E-state index contributed by atoms with van der Waals surface area (Å²) in [5.41, 5.74) is 1.75. The van der Waals surface area contributed by atoms with E-state index in [1.807, 2.05) is 24.3 Å². The van der Waals surface area contributed by atoms with E-state index in [9.17, 15) is 19.5 Å². The molecule has 1 saturated carbocycles. The standard InChI is InChI=1S/C34H32ClN3O6/c35-23-7-9-24(10-8-23)36-34(42)37-25-11-15-27(16-12-25)44-29-19-17-28(18-20-29)43-26-13-5-22(6-14-26)21-32(39)38-31-4-2-1-3-30(31)33(40)41/h1-10,13-14,17-20,25,27H,11-12,15-16,21H2,(H,38,39)(H,40,41)(H2,36,37,42). The van der Waals surface area contributed by atoms with Crippen molar-refractivity contribution in [3.05, 3.63) is 113 Å². The zero-order valence-corrected chi connectivity index (χ0v) is 24.6. The molecule has 0 unspecified atom stereocenters. The summed E-state index contributed by atoms with van der Waals surface area (Å²) in [5, 5.41) is 18.4. The van der Waals surface area contributed by atoms with Crippen molar-refractivity contribution in [2.24, 2.45) is 0 Å². The van der Waals surface area contributed by atoms with Crippen LogP contribution in [-0.2, 0) is 11.2 Å². The summed E-state index contributed by atoms with van der Waals surface area (Å²) < 4.78 is 12.1. The number of para-hydroxylation sites is 1. The van der Waals surface area contributed by atoms with Crippen LogP contribution in [0.2, 0.25) is 5.02 Å². The number of carboxylic acid groups (broad SMARTS) is 1. The van der Waals surface area contributed by atoms with Gasteiger partial charge in [-0.2, -0.15) is 0 Å². The Morgan fingerprint density at radius 1 is 0.750 bits per heavy atom. The lowest BCUT2D eigenvalue weighted by Crippen LogP contribution is -2.41. The monoisotopic (exact) mass is 613 g/mol. The Bertz CT molecular complexity index is 1590. The Labute approximate surface area is 260 Å². The molecule has 4 aromatic rings. The number of benzene rings is 4. The Morgan fingerprint density at radius 2 is 1.36 bits per heavy atom. The van der Waals surface area contributed by atoms with E-state index in [0.717, 1.165) is 37.0 Å². The molecule has 1 aliphatic carbocycles. The van der Waals surface area contributed by atoms with Crippen LogP contribution in [-0.4, -0.2) is 35.2 Å². The van der Waals surface area contributed by atoms with Crippen molar-refractivity contribution >= 4 is 40.9 Å². The van der Waals surface area contributed by atoms with Crippen LogP contribution in [0, 0.1) is 0 Å². The van der Waals surface area contributed by atoms with Crippen molar-refractivity contribution in [2.45, 2.75) is 44.2 Å². The minimum Gasteiger partial charge on any atom is -0.490 e. The molecule has 0 saturated heterocycles. The minimum absolute atomic E-state index is 0.0400. The van der Waals surface area contributed by atoms with Gasteiger partial charge in [0, 0.05) is 16.8 Å². The van der Waals surface area contributed by atoms with Crippen LogP contribution in [0.5, 0.6) is 17.2 Å². The molecule has 4 aromatic carbocycles. The van der Waals surface area contributed by atoms with Crippen molar-refractivity contribution in [3.8, 4) is 17.2 Å². The number of carbonyl (C=O) groups is 3. The van der Waals surface area contributed by atoms with Crippen molar-refractivity contribution in [1.82, 2.24) is 5.32 Å². The third-order valence-electron chi connectivity index (χ3n) is 7.19. The number of aromatic carboxylic acids is 1. The van der Waals surface area contributed by atoms with E-state index >= 15 is 0 Å². The predicted molar refractivity (Wildman–Crippen MR) is 169 cm³/mol. The first kappa shape index (κ1) is 30.4. The molecule has 5 rings (SSSR count). The molecule has 0 bridgehead atoms. The molecule has 0 atom stereocenters. The number of rotatable bonds is 10. The molecule has 44 heavy (non-hydrogen) atoms. The largest absolute Gasteiger partial charge is 0.490 e. The van der Waals surface area contributed by atoms with Gasteiger partial charge in [0.1, 0.15) is 17.2 Å². The fourth-order valence-electron chi connectivity index (χ4n) is 4.96. The molecule has 9 nitrogen and oxygen atoms in total. The number of carboxylic acids is 1. The number of ether oxygens (including phenoxy) is 2. The average Bonchev–Trinajstić information content (AvgIpc) is 3.01. The van der Waals surface area contributed by atoms with Gasteiger partial charge in [0.05, 0.1) is 23.8 Å². The summed E-state index contributed by atoms with van der Waals surface area (Å²) >= 11 is 5.89. The van der Waals surface area contributed by atoms with Crippen LogP contribution in [0.3, 0.4) is 0 Å². The average molecular weight is 614 g/mol. The number of hydrogen-bond donors (Lipinski definition) is 4. The smallest absolute Gasteiger partial charge is 0.337 e. The number of nitrogens with one attached hydrogen (secondary N) is 3. The van der Waals surface area contributed by atoms with Crippen LogP contribution in [0.25, 0.3) is 0 Å². The van der Waals surface area contributed by atoms with Gasteiger partial charge in [-0.3, -0.25) is 4.79 Å². The summed E-state index contributed by atoms with van der Waals surface area (Å²) in [4.78, 5) is 36.1. The molecule has 0 radical (unpaired) electrons. The van der Waals surface area contributed by atoms with Crippen LogP contribution in [0.1, 0.15) is 41.6 Å². The molecule has 1 aliphatic rings. The van der Waals surface area contributed by atoms with Crippen LogP contribution < -0.4 is 25.4 Å². The first-order valence-corrected chi connectivity index (χ1v) is 14.7. The Morgan fingerprint density at radius 3 is 2.02 bits per heavy atom. The van der Waals surface area contributed by atoms with E-state index in [2.05, 4.69) is 16.0 Å². The normalized spacial score (nSPS) is 15.9. The Balaban J connectivity index is 1.04. The number of urea groups is 1. The maximum absolute atomic E-state index is 12.5. The lowest BCUT2D eigenvalue weighted by molar-refractivity contribution is -0.115. The number of carbonyl (C=O) groups excluding carboxylic acids is 2. The fraction of sp³-hybridized carbons (Fsp3) is 0.206. The molecule has 0 heterocycles. The lowest BCUT2D eigenvalue weighted by atomic mass is 9.93. The third kappa shape index (κ3) is 8.75. The zero-order valence-electron chi connectivity index (χ0n) is 23.8. The zero-order chi connectivity index (χ0) is 30.9. The van der Waals surface area contributed by atoms with Crippen molar-refractivity contribution in [3.63, 3.8) is 0 Å². The van der Waals surface area contributed by atoms with Gasteiger partial charge >= 0.3 is 12.0 Å². The molecule has 1 fully saturated rings. The Kier molecular flexibility index (Phi) is 9.99. The number of hydrogen-bond acceptors (Lipinski definition) is 5. The summed E-state index contributed by atoms with van der Waals surface area (Å²) in [6, 6.07) is 27.7. The van der Waals surface area contributed by atoms with Gasteiger partial charge in [-0.25, -0.2) is 9.59 Å². The highest BCUT2D eigenvalue weighted by Crippen LogP contribution is 2.28. The van der Waals surface area contributed by atoms with Crippen LogP contribution in [0.15, 0.2) is 97.1 Å². The van der Waals surface area contributed by atoms with E-state index in [1.54, 1.807) is 66.7 Å². The van der Waals surface area contributed by atoms with Crippen LogP contribution >= 0.6 is 11.6 Å². The molecule has 0 aliphatic heterocycles. The molecule has 226 valence electrons. The molecule has 3 amide bonds. The lowest BCUT2D eigenvalue weighted by Gasteiger charge is -2.29. The first-order chi connectivity index (χ1) is 21.3. The SMILES string of the molecule is O=C(Cc1ccc(Oc2ccc(OC3CCC(NC(=O)Nc4ccc(Cl)cc4)CC3)cc2)cc1)Nc1ccccc1C(=O)O. The number of amides is 3. The third-order valence-corrected chi connectivity index (χ3v) is 7.45. The quantitative estimate of drug-likeness (QED) is 0.146. The van der Waals surface area contributed by atoms with Crippen molar-refractivity contribution in [1.29, 1.82) is 0 Å². The number of anilines is 2. The van der Waals surface area contributed by atoms with E-state index in [4.69, 9.17) is 21.1 Å². The summed E-state index contributed by atoms with van der Waals surface area (Å²) in [6.07, 6.45) is 3.48. The van der Waals surface area contributed by atoms with Gasteiger partial charge in [-0.05, 0) is 104 Å². The molecular formula is C34H32ClN3O6. The highest BCUT2D eigenvalue weighted by atomic mass is 35.5. The molecule has 4 N–H and O–H groups in total. The molecule has 0 spiro atoms. The van der Waals surface area contributed by atoms with Gasteiger partial charge in [0.15, 0.2) is 0 Å². The summed E-state index contributed by atoms with van der Waals surface area (Å²) in [6.45, 7) is 0. The maximum atomic E-state index is 12.5. The minimum atomic E-state index is -1.10. The second-order valence-electron chi connectivity index (χ2n) is 10.5. The van der Waals surface area contributed by atoms with Gasteiger partial charge in [-0.1, -0.05) is 35.9 Å². The summed E-state index contributed by atoms with van der Waals surface area (Å²) in [7, 11) is 0. The van der Waals surface area contributed by atoms with Gasteiger partial charge in [-0.15, -0.1) is 0 Å². The van der Waals surface area contributed by atoms with Gasteiger partial charge in [0.25, 0.3) is 0 Å². The molecule has 0 aromatic heterocycles. The molecular weight excluding hydrogens is 582 g/mol. The van der Waals surface area contributed by atoms with E-state index < -0.39 is 5.97 Å². The van der Waals surface area contributed by atoms with E-state index in [0.29, 0.717) is 22.2 Å². The van der Waals surface area contributed by atoms with E-state index in [1.165, 1.54) is 6.07 Å². The van der Waals surface area contributed by atoms with Gasteiger partial charge in [0.2, 0.25) is 5.91 Å². The van der Waals surface area contributed by atoms with Crippen molar-refractivity contribution in [2.75, 3.05) is 10.6 Å². The highest BCUT2D eigenvalue weighted by molar-refractivity contribution is 6.30. The second kappa shape index (κ2) is 14.4. The van der Waals surface area contributed by atoms with E-state index in [-0.39, 0.29) is 41.8 Å². The number of halogens is 1. The second-order valence-corrected chi connectivity index (χ2v) is 10.9. The Hall–Kier alpha value is -5.02. The highest BCUT2D eigenvalue weighted by Gasteiger charge is 2.24. The van der Waals surface area contributed by atoms with Gasteiger partial charge < -0.3 is 30.5 Å². The fourth-order valence-corrected chi connectivity index (χ4v) is 5.09. The van der Waals surface area contributed by atoms with Crippen LogP contribution in [0.4, 0.5) is 16.2 Å². The maximum Gasteiger partial charge on any atom is 0.337 e. The predicted octanol–water partition coefficient (Wildman–Crippen LogP) is 7.52. The first-order valence-electron chi connectivity index (χ1n) is 14.3. The van der Waals surface area contributed by atoms with Crippen molar-refractivity contribution < 1.29 is 29.0 Å². The topological polar surface area (TPSA) is 126 Å².